The van der Waals surface area contributed by atoms with Gasteiger partial charge in [0.05, 0.1) is 30.5 Å². The van der Waals surface area contributed by atoms with E-state index in [0.29, 0.717) is 31.4 Å². The number of aliphatic hydroxyl groups excluding tert-OH is 3. The Labute approximate surface area is 311 Å². The number of allylic oxidation sites excluding steroid dienone is 1. The van der Waals surface area contributed by atoms with Crippen molar-refractivity contribution in [1.82, 2.24) is 10.2 Å². The van der Waals surface area contributed by atoms with Gasteiger partial charge in [0.25, 0.3) is 0 Å². The summed E-state index contributed by atoms with van der Waals surface area (Å²) in [7, 11) is 0. The molecule has 3 aromatic carbocycles. The van der Waals surface area contributed by atoms with Crippen molar-refractivity contribution in [2.75, 3.05) is 13.1 Å². The summed E-state index contributed by atoms with van der Waals surface area (Å²) in [6.07, 6.45) is 4.18. The second-order valence-corrected chi connectivity index (χ2v) is 14.1. The van der Waals surface area contributed by atoms with Crippen LogP contribution in [0.2, 0.25) is 0 Å². The molecule has 0 spiro atoms. The molecule has 5 atom stereocenters. The molecule has 0 radical (unpaired) electrons. The van der Waals surface area contributed by atoms with Gasteiger partial charge in [-0.2, -0.15) is 0 Å². The van der Waals surface area contributed by atoms with E-state index in [-0.39, 0.29) is 49.1 Å². The van der Waals surface area contributed by atoms with Crippen LogP contribution in [0.25, 0.3) is 0 Å². The first kappa shape index (κ1) is 38.0. The van der Waals surface area contributed by atoms with Crippen LogP contribution in [0.5, 0.6) is 11.5 Å². The Kier molecular flexibility index (Phi) is 12.8. The lowest BCUT2D eigenvalue weighted by atomic mass is 9.92. The number of carbonyl (C=O) groups is 1. The molecule has 278 valence electrons. The lowest BCUT2D eigenvalue weighted by Gasteiger charge is -2.28. The van der Waals surface area contributed by atoms with Crippen LogP contribution < -0.4 is 15.8 Å². The predicted octanol–water partition coefficient (Wildman–Crippen LogP) is 4.91. The topological polar surface area (TPSA) is 161 Å². The van der Waals surface area contributed by atoms with Crippen LogP contribution in [0.4, 0.5) is 0 Å². The number of benzene rings is 3. The molecule has 0 amide bonds. The Bertz CT molecular complexity index is 1910. The summed E-state index contributed by atoms with van der Waals surface area (Å²) in [6, 6.07) is 21.2. The van der Waals surface area contributed by atoms with Crippen molar-refractivity contribution in [2.45, 2.75) is 95.4 Å². The molecule has 53 heavy (non-hydrogen) atoms. The highest BCUT2D eigenvalue weighted by Gasteiger charge is 2.31. The van der Waals surface area contributed by atoms with E-state index in [0.717, 1.165) is 52.9 Å². The van der Waals surface area contributed by atoms with Gasteiger partial charge < -0.3 is 35.8 Å². The lowest BCUT2D eigenvalue weighted by Crippen LogP contribution is -2.35. The van der Waals surface area contributed by atoms with Gasteiger partial charge in [-0.15, -0.1) is 0 Å². The highest BCUT2D eigenvalue weighted by atomic mass is 16.5. The zero-order chi connectivity index (χ0) is 37.3. The number of aliphatic imine (C=N–C) groups is 1. The van der Waals surface area contributed by atoms with Crippen molar-refractivity contribution in [1.29, 1.82) is 0 Å². The highest BCUT2D eigenvalue weighted by Crippen LogP contribution is 2.36. The number of rotatable bonds is 16. The van der Waals surface area contributed by atoms with Crippen molar-refractivity contribution in [3.63, 3.8) is 0 Å². The highest BCUT2D eigenvalue weighted by molar-refractivity contribution is 5.87. The van der Waals surface area contributed by atoms with E-state index in [1.807, 2.05) is 54.6 Å². The Morgan fingerprint density at radius 1 is 1.08 bits per heavy atom. The number of ketones is 1. The molecule has 10 heteroatoms. The van der Waals surface area contributed by atoms with Crippen LogP contribution in [0.1, 0.15) is 85.5 Å². The number of phenolic OH excluding ortho intramolecular Hbond substituents is 1. The number of nitrogens with zero attached hydrogens (tertiary/aromatic N) is 2. The fourth-order valence-electron chi connectivity index (χ4n) is 7.06. The van der Waals surface area contributed by atoms with Crippen LogP contribution in [0, 0.1) is 11.8 Å². The van der Waals surface area contributed by atoms with Crippen molar-refractivity contribution >= 4 is 12.0 Å². The Balaban J connectivity index is 1.14. The first-order chi connectivity index (χ1) is 25.7. The Morgan fingerprint density at radius 2 is 1.91 bits per heavy atom. The molecule has 6 rings (SSSR count). The van der Waals surface area contributed by atoms with Gasteiger partial charge in [0.15, 0.2) is 17.7 Å². The average Bonchev–Trinajstić information content (AvgIpc) is 3.73. The number of nitrogens with two attached hydrogens (primary N) is 1. The number of phenols is 1. The standard InChI is InChI=1S/C43H50N4O6/c1-2-7-33(48)23-35(50)24-34(49)15-12-29-13-17-40(52)41(20-29)53-42-11-6-10-39(51)36-16-14-30(43(44)45-19-18-28-8-4-3-5-9-28)21-31(36)22-32-25-46-38-27-47(42)26-37(32)38/h3-5,8-9,13-14,16-17,20-21,25,27,33,35,39,42-43,45,48,50-52H,2,7,11-12,15,18-19,22-24,26,44H2,1H3. The van der Waals surface area contributed by atoms with Gasteiger partial charge in [0, 0.05) is 43.9 Å². The molecule has 7 N–H and O–H groups in total. The van der Waals surface area contributed by atoms with Crippen molar-refractivity contribution in [3.8, 4) is 23.3 Å². The van der Waals surface area contributed by atoms with Gasteiger partial charge in [-0.25, -0.2) is 0 Å². The van der Waals surface area contributed by atoms with Gasteiger partial charge in [-0.3, -0.25) is 15.1 Å². The quantitative estimate of drug-likeness (QED) is 0.0894. The minimum atomic E-state index is -1.03. The zero-order valence-electron chi connectivity index (χ0n) is 30.2. The largest absolute Gasteiger partial charge is 0.504 e. The molecule has 10 nitrogen and oxygen atoms in total. The van der Waals surface area contributed by atoms with E-state index < -0.39 is 24.5 Å². The van der Waals surface area contributed by atoms with Gasteiger partial charge in [-0.05, 0) is 77.6 Å². The summed E-state index contributed by atoms with van der Waals surface area (Å²) in [4.78, 5) is 19.3. The van der Waals surface area contributed by atoms with Gasteiger partial charge >= 0.3 is 0 Å². The number of ether oxygens (including phenoxy) is 1. The van der Waals surface area contributed by atoms with E-state index >= 15 is 0 Å². The number of aryl methyl sites for hydroxylation is 1. The zero-order valence-corrected chi connectivity index (χ0v) is 30.2. The number of hydrogen-bond acceptors (Lipinski definition) is 10. The third-order valence-electron chi connectivity index (χ3n) is 10.0. The van der Waals surface area contributed by atoms with E-state index in [1.165, 1.54) is 5.56 Å². The molecule has 2 bridgehead atoms. The van der Waals surface area contributed by atoms with E-state index in [4.69, 9.17) is 15.5 Å². The average molecular weight is 719 g/mol. The summed E-state index contributed by atoms with van der Waals surface area (Å²) in [6.45, 7) is 3.23. The van der Waals surface area contributed by atoms with E-state index in [2.05, 4.69) is 35.4 Å². The number of carbonyl (C=O) groups excluding carboxylic acids is 1. The predicted molar refractivity (Wildman–Crippen MR) is 205 cm³/mol. The second kappa shape index (κ2) is 17.8. The molecule has 3 heterocycles. The van der Waals surface area contributed by atoms with Crippen LogP contribution in [0.15, 0.2) is 94.8 Å². The summed E-state index contributed by atoms with van der Waals surface area (Å²) >= 11 is 0. The molecule has 0 aromatic heterocycles. The molecule has 0 saturated carbocycles. The molecular formula is C43H50N4O6. The molecule has 0 aliphatic carbocycles. The number of fused-ring (bicyclic) bond motifs is 2. The Morgan fingerprint density at radius 3 is 2.72 bits per heavy atom. The molecule has 3 aliphatic rings. The van der Waals surface area contributed by atoms with Crippen molar-refractivity contribution in [2.24, 2.45) is 10.7 Å². The molecule has 5 unspecified atom stereocenters. The van der Waals surface area contributed by atoms with Crippen LogP contribution in [-0.4, -0.2) is 68.8 Å². The lowest BCUT2D eigenvalue weighted by molar-refractivity contribution is -0.121. The van der Waals surface area contributed by atoms with E-state index in [1.54, 1.807) is 18.2 Å². The molecule has 3 aromatic rings. The third-order valence-corrected chi connectivity index (χ3v) is 10.0. The monoisotopic (exact) mass is 718 g/mol. The summed E-state index contributed by atoms with van der Waals surface area (Å²) in [5, 5.41) is 45.7. The molecular weight excluding hydrogens is 668 g/mol. The SMILES string of the molecule is CCCC(O)CC(O)CC(=O)CCc1ccc(O)c(OC2CC#CC(O)c3ccc(C(N)NCCc4ccccc4)cc3CC3=C4CN2C=C4N=C3)c1. The van der Waals surface area contributed by atoms with Crippen LogP contribution in [0.3, 0.4) is 0 Å². The minimum absolute atomic E-state index is 0.00959. The first-order valence-corrected chi connectivity index (χ1v) is 18.6. The van der Waals surface area contributed by atoms with Gasteiger partial charge in [0.1, 0.15) is 11.9 Å². The number of Topliss-reactive ketones (excluding diaryl/α,β-unsaturated/α-hetero) is 1. The number of hydrogen-bond donors (Lipinski definition) is 6. The maximum atomic E-state index is 12.6. The van der Waals surface area contributed by atoms with Crippen molar-refractivity contribution < 1.29 is 30.0 Å². The van der Waals surface area contributed by atoms with Crippen LogP contribution >= 0.6 is 0 Å². The van der Waals surface area contributed by atoms with Crippen LogP contribution in [-0.2, 0) is 24.1 Å². The van der Waals surface area contributed by atoms with Gasteiger partial charge in [0.2, 0.25) is 0 Å². The molecule has 3 aliphatic heterocycles. The number of aliphatic hydroxyl groups is 3. The maximum Gasteiger partial charge on any atom is 0.183 e. The maximum absolute atomic E-state index is 12.6. The van der Waals surface area contributed by atoms with Gasteiger partial charge in [-0.1, -0.05) is 79.8 Å². The number of nitrogens with one attached hydrogen (secondary N) is 1. The second-order valence-electron chi connectivity index (χ2n) is 14.1. The smallest absolute Gasteiger partial charge is 0.183 e. The fourth-order valence-corrected chi connectivity index (χ4v) is 7.06. The Hall–Kier alpha value is -4.76. The third kappa shape index (κ3) is 10.0. The summed E-state index contributed by atoms with van der Waals surface area (Å²) in [5.74, 6) is 6.27. The molecule has 0 fully saturated rings. The molecule has 0 saturated heterocycles. The fraction of sp³-hybridized carbons (Fsp3) is 0.395. The summed E-state index contributed by atoms with van der Waals surface area (Å²) < 4.78 is 6.41. The summed E-state index contributed by atoms with van der Waals surface area (Å²) in [5.41, 5.74) is 14.2. The van der Waals surface area contributed by atoms with E-state index in [9.17, 15) is 25.2 Å². The van der Waals surface area contributed by atoms with Crippen molar-refractivity contribution in [3.05, 3.63) is 118 Å². The first-order valence-electron chi connectivity index (χ1n) is 18.6. The minimum Gasteiger partial charge on any atom is -0.504 e. The number of aromatic hydroxyl groups is 1. The normalized spacial score (nSPS) is 19.3.